The summed E-state index contributed by atoms with van der Waals surface area (Å²) in [6.45, 7) is 0.468. The van der Waals surface area contributed by atoms with Gasteiger partial charge in [-0.15, -0.1) is 0 Å². The first-order valence-electron chi connectivity index (χ1n) is 13.7. The number of ether oxygens (including phenoxy) is 1. The number of carbonyl (C=O) groups excluding carboxylic acids is 2. The van der Waals surface area contributed by atoms with Gasteiger partial charge in [0.1, 0.15) is 6.54 Å². The Morgan fingerprint density at radius 1 is 1.23 bits per heavy atom. The minimum absolute atomic E-state index is 0.0120. The maximum absolute atomic E-state index is 12.6. The summed E-state index contributed by atoms with van der Waals surface area (Å²) in [4.78, 5) is 30.6. The highest BCUT2D eigenvalue weighted by molar-refractivity contribution is 6.08. The average Bonchev–Trinajstić information content (AvgIpc) is 3.63. The number of aromatic nitrogens is 3. The van der Waals surface area contributed by atoms with Crippen LogP contribution in [0.3, 0.4) is 0 Å². The summed E-state index contributed by atoms with van der Waals surface area (Å²) in [5.74, 6) is 0.0461. The number of imidazole rings is 1. The molecule has 3 amide bonds. The first-order valence-corrected chi connectivity index (χ1v) is 13.7. The number of likely N-dealkylation sites (tertiary alicyclic amines) is 1. The van der Waals surface area contributed by atoms with Crippen molar-refractivity contribution in [2.45, 2.75) is 37.1 Å². The number of benzene rings is 1. The molecule has 0 bridgehead atoms. The van der Waals surface area contributed by atoms with Gasteiger partial charge in [0, 0.05) is 61.0 Å². The van der Waals surface area contributed by atoms with Crippen molar-refractivity contribution >= 4 is 35.1 Å². The van der Waals surface area contributed by atoms with Gasteiger partial charge in [0.2, 0.25) is 5.91 Å². The van der Waals surface area contributed by atoms with E-state index in [-0.39, 0.29) is 12.0 Å². The SMILES string of the molecule is N=C/C(=C\NC1(CN)CN(C(=O)CC2CCCO2)C1)c1cnn2c(-c3cccc(NC(=O)NCC(F)(F)F)c3)cnc2c1. The minimum atomic E-state index is -4.52. The van der Waals surface area contributed by atoms with E-state index in [9.17, 15) is 22.8 Å². The topological polar surface area (TPSA) is 163 Å². The Bertz CT molecular complexity index is 1530. The number of fused-ring (bicyclic) bond motifs is 1. The Morgan fingerprint density at radius 2 is 2.05 bits per heavy atom. The van der Waals surface area contributed by atoms with Gasteiger partial charge in [-0.05, 0) is 31.0 Å². The quantitative estimate of drug-likeness (QED) is 0.224. The molecule has 0 saturated carbocycles. The second kappa shape index (κ2) is 12.4. The number of anilines is 1. The second-order valence-electron chi connectivity index (χ2n) is 10.6. The van der Waals surface area contributed by atoms with Crippen LogP contribution in [0.25, 0.3) is 22.5 Å². The van der Waals surface area contributed by atoms with Crippen LogP contribution in [0, 0.1) is 5.41 Å². The molecule has 2 aliphatic rings. The summed E-state index contributed by atoms with van der Waals surface area (Å²) in [6, 6.07) is 7.33. The third-order valence-electron chi connectivity index (χ3n) is 7.41. The van der Waals surface area contributed by atoms with Crippen LogP contribution in [0.5, 0.6) is 0 Å². The summed E-state index contributed by atoms with van der Waals surface area (Å²) in [7, 11) is 0. The predicted molar refractivity (Wildman–Crippen MR) is 153 cm³/mol. The van der Waals surface area contributed by atoms with E-state index in [0.717, 1.165) is 12.8 Å². The van der Waals surface area contributed by atoms with Crippen LogP contribution in [-0.2, 0) is 9.53 Å². The predicted octanol–water partition coefficient (Wildman–Crippen LogP) is 2.77. The number of alkyl halides is 3. The zero-order chi connectivity index (χ0) is 30.6. The molecule has 12 nitrogen and oxygen atoms in total. The van der Waals surface area contributed by atoms with Gasteiger partial charge in [-0.25, -0.2) is 14.3 Å². The number of nitrogens with one attached hydrogen (secondary N) is 4. The lowest BCUT2D eigenvalue weighted by Crippen LogP contribution is -2.72. The molecule has 2 aromatic heterocycles. The zero-order valence-electron chi connectivity index (χ0n) is 23.2. The number of hydrogen-bond acceptors (Lipinski definition) is 8. The molecule has 0 spiro atoms. The second-order valence-corrected chi connectivity index (χ2v) is 10.6. The molecule has 43 heavy (non-hydrogen) atoms. The molecule has 1 unspecified atom stereocenters. The van der Waals surface area contributed by atoms with Crippen molar-refractivity contribution in [1.29, 1.82) is 5.41 Å². The first kappa shape index (κ1) is 30.0. The van der Waals surface area contributed by atoms with Crippen LogP contribution in [0.4, 0.5) is 23.7 Å². The molecule has 1 aromatic carbocycles. The number of carbonyl (C=O) groups is 2. The Hall–Kier alpha value is -4.50. The first-order chi connectivity index (χ1) is 20.6. The van der Waals surface area contributed by atoms with E-state index in [1.807, 2.05) is 0 Å². The molecule has 2 aliphatic heterocycles. The molecule has 0 radical (unpaired) electrons. The minimum Gasteiger partial charge on any atom is -0.380 e. The van der Waals surface area contributed by atoms with E-state index >= 15 is 0 Å². The van der Waals surface area contributed by atoms with Crippen molar-refractivity contribution in [2.75, 3.05) is 38.1 Å². The molecule has 2 fully saturated rings. The van der Waals surface area contributed by atoms with E-state index in [4.69, 9.17) is 15.9 Å². The molecule has 0 aliphatic carbocycles. The summed E-state index contributed by atoms with van der Waals surface area (Å²) in [5.41, 5.74) is 8.71. The number of nitrogens with two attached hydrogens (primary N) is 1. The number of amides is 3. The molecule has 6 N–H and O–H groups in total. The Labute approximate surface area is 245 Å². The number of hydrogen-bond donors (Lipinski definition) is 5. The molecule has 228 valence electrons. The lowest BCUT2D eigenvalue weighted by Gasteiger charge is -2.50. The van der Waals surface area contributed by atoms with Crippen molar-refractivity contribution in [3.05, 3.63) is 54.5 Å². The summed E-state index contributed by atoms with van der Waals surface area (Å²) in [5, 5.41) is 19.9. The number of halogens is 3. The van der Waals surface area contributed by atoms with Crippen LogP contribution in [0.2, 0.25) is 0 Å². The number of allylic oxidation sites excluding steroid dienone is 1. The summed E-state index contributed by atoms with van der Waals surface area (Å²) in [6.07, 6.45) is 3.77. The Kier molecular flexibility index (Phi) is 8.64. The van der Waals surface area contributed by atoms with Crippen molar-refractivity contribution in [2.24, 2.45) is 5.73 Å². The van der Waals surface area contributed by atoms with E-state index in [2.05, 4.69) is 20.7 Å². The number of nitrogens with zero attached hydrogens (tertiary/aromatic N) is 4. The van der Waals surface area contributed by atoms with Gasteiger partial charge < -0.3 is 36.7 Å². The normalized spacial score (nSPS) is 18.3. The molecule has 2 saturated heterocycles. The lowest BCUT2D eigenvalue weighted by atomic mass is 9.89. The molecule has 4 heterocycles. The Morgan fingerprint density at radius 3 is 2.74 bits per heavy atom. The molecule has 3 aromatic rings. The molecular formula is C28H32F3N9O3. The van der Waals surface area contributed by atoms with E-state index in [1.54, 1.807) is 63.7 Å². The van der Waals surface area contributed by atoms with Gasteiger partial charge in [-0.3, -0.25) is 4.79 Å². The average molecular weight is 600 g/mol. The maximum Gasteiger partial charge on any atom is 0.405 e. The fraction of sp³-hybridized carbons (Fsp3) is 0.393. The molecular weight excluding hydrogens is 567 g/mol. The third kappa shape index (κ3) is 7.11. The van der Waals surface area contributed by atoms with E-state index < -0.39 is 24.3 Å². The van der Waals surface area contributed by atoms with Gasteiger partial charge in [0.05, 0.1) is 36.2 Å². The smallest absolute Gasteiger partial charge is 0.380 e. The highest BCUT2D eigenvalue weighted by atomic mass is 19.4. The number of urea groups is 1. The third-order valence-corrected chi connectivity index (χ3v) is 7.41. The van der Waals surface area contributed by atoms with Gasteiger partial charge in [-0.2, -0.15) is 18.3 Å². The highest BCUT2D eigenvalue weighted by Crippen LogP contribution is 2.26. The maximum atomic E-state index is 12.6. The fourth-order valence-electron chi connectivity index (χ4n) is 5.05. The van der Waals surface area contributed by atoms with Gasteiger partial charge in [0.15, 0.2) is 5.65 Å². The van der Waals surface area contributed by atoms with Crippen molar-refractivity contribution in [3.63, 3.8) is 0 Å². The summed E-state index contributed by atoms with van der Waals surface area (Å²) < 4.78 is 44.3. The van der Waals surface area contributed by atoms with Gasteiger partial charge >= 0.3 is 12.2 Å². The molecule has 1 atom stereocenters. The van der Waals surface area contributed by atoms with Crippen molar-refractivity contribution in [1.82, 2.24) is 30.1 Å². The van der Waals surface area contributed by atoms with E-state index in [0.29, 0.717) is 66.4 Å². The van der Waals surface area contributed by atoms with Gasteiger partial charge in [-0.1, -0.05) is 12.1 Å². The van der Waals surface area contributed by atoms with Crippen LogP contribution in [-0.4, -0.2) is 88.3 Å². The van der Waals surface area contributed by atoms with E-state index in [1.165, 1.54) is 6.21 Å². The Balaban J connectivity index is 1.25. The van der Waals surface area contributed by atoms with Gasteiger partial charge in [0.25, 0.3) is 0 Å². The largest absolute Gasteiger partial charge is 0.405 e. The molecule has 15 heteroatoms. The van der Waals surface area contributed by atoms with Crippen LogP contribution in [0.15, 0.2) is 48.9 Å². The van der Waals surface area contributed by atoms with Crippen LogP contribution < -0.4 is 21.7 Å². The standard InChI is InChI=1S/C28H32F3N9O3/c29-28(30,31)15-35-26(42)38-21-4-1-3-18(7-21)23-13-34-24-8-19(12-37-40(23)24)20(10-32)11-36-27(14-33)16-39(17-27)25(41)9-22-5-2-6-43-22/h1,3-4,7-8,10-13,22,32,36H,2,5-6,9,14-17,33H2,(H2,35,38,42)/b20-11+,32-10?. The van der Waals surface area contributed by atoms with Crippen molar-refractivity contribution < 1.29 is 27.5 Å². The lowest BCUT2D eigenvalue weighted by molar-refractivity contribution is -0.141. The van der Waals surface area contributed by atoms with Crippen molar-refractivity contribution in [3.8, 4) is 11.3 Å². The highest BCUT2D eigenvalue weighted by Gasteiger charge is 2.44. The fourth-order valence-corrected chi connectivity index (χ4v) is 5.05. The monoisotopic (exact) mass is 599 g/mol. The van der Waals surface area contributed by atoms with Crippen LogP contribution in [0.1, 0.15) is 24.8 Å². The molecule has 5 rings (SSSR count). The van der Waals surface area contributed by atoms with Crippen LogP contribution >= 0.6 is 0 Å². The number of rotatable bonds is 10. The zero-order valence-corrected chi connectivity index (χ0v) is 23.2. The summed E-state index contributed by atoms with van der Waals surface area (Å²) >= 11 is 0.